The van der Waals surface area contributed by atoms with Crippen molar-refractivity contribution in [2.24, 2.45) is 5.73 Å². The average Bonchev–Trinajstić information content (AvgIpc) is 2.46. The highest BCUT2D eigenvalue weighted by Gasteiger charge is 2.10. The van der Waals surface area contributed by atoms with Crippen LogP contribution < -0.4 is 11.2 Å². The van der Waals surface area contributed by atoms with Crippen LogP contribution in [0.25, 0.3) is 0 Å². The Balaban J connectivity index is 2.50. The third-order valence-corrected chi connectivity index (χ3v) is 2.92. The quantitative estimate of drug-likeness (QED) is 0.737. The van der Waals surface area contributed by atoms with Gasteiger partial charge in [0.1, 0.15) is 0 Å². The number of aryl methyl sites for hydroxylation is 2. The summed E-state index contributed by atoms with van der Waals surface area (Å²) in [5.74, 6) is -0.994. The smallest absolute Gasteiger partial charge is 0.284 e. The van der Waals surface area contributed by atoms with E-state index in [1.165, 1.54) is 11.3 Å². The van der Waals surface area contributed by atoms with Crippen LogP contribution in [0.5, 0.6) is 0 Å². The Morgan fingerprint density at radius 3 is 2.67 bits per heavy atom. The molecule has 15 heavy (non-hydrogen) atoms. The second kappa shape index (κ2) is 4.90. The molecule has 0 aliphatic heterocycles. The first kappa shape index (κ1) is 11.7. The van der Waals surface area contributed by atoms with E-state index in [0.29, 0.717) is 4.88 Å². The van der Waals surface area contributed by atoms with Crippen molar-refractivity contribution in [3.63, 3.8) is 0 Å². The average molecular weight is 228 g/mol. The fourth-order valence-electron chi connectivity index (χ4n) is 0.908. The summed E-state index contributed by atoms with van der Waals surface area (Å²) >= 11 is 1.37. The monoisotopic (exact) mass is 228 g/mol. The molecule has 0 radical (unpaired) electrons. The first-order chi connectivity index (χ1) is 7.00. The number of thiophene rings is 1. The van der Waals surface area contributed by atoms with Gasteiger partial charge in [-0.25, -0.2) is 5.48 Å². The Morgan fingerprint density at radius 2 is 2.20 bits per heavy atom. The summed E-state index contributed by atoms with van der Waals surface area (Å²) in [5.41, 5.74) is 8.03. The number of rotatable bonds is 4. The van der Waals surface area contributed by atoms with Crippen molar-refractivity contribution in [2.45, 2.75) is 13.8 Å². The number of amides is 2. The zero-order chi connectivity index (χ0) is 11.4. The number of nitrogens with two attached hydrogens (primary N) is 1. The maximum atomic E-state index is 11.4. The standard InChI is InChI=1S/C9H12N2O3S/c1-5-3-7(15-6(5)2)9(13)11-14-4-8(10)12/h3H,4H2,1-2H3,(H2,10,12)(H,11,13). The lowest BCUT2D eigenvalue weighted by Crippen LogP contribution is -2.28. The van der Waals surface area contributed by atoms with Gasteiger partial charge in [-0.2, -0.15) is 0 Å². The molecule has 0 bridgehead atoms. The molecule has 1 heterocycles. The molecule has 0 atom stereocenters. The maximum absolute atomic E-state index is 11.4. The largest absolute Gasteiger partial charge is 0.368 e. The minimum absolute atomic E-state index is 0.324. The molecule has 2 amide bonds. The molecule has 0 saturated heterocycles. The Labute approximate surface area is 91.2 Å². The van der Waals surface area contributed by atoms with E-state index in [0.717, 1.165) is 10.4 Å². The van der Waals surface area contributed by atoms with Gasteiger partial charge in [-0.15, -0.1) is 11.3 Å². The summed E-state index contributed by atoms with van der Waals surface area (Å²) in [5, 5.41) is 0. The molecule has 6 heteroatoms. The summed E-state index contributed by atoms with van der Waals surface area (Å²) in [6.45, 7) is 3.53. The van der Waals surface area contributed by atoms with E-state index in [9.17, 15) is 9.59 Å². The minimum Gasteiger partial charge on any atom is -0.368 e. The molecule has 0 spiro atoms. The fourth-order valence-corrected chi connectivity index (χ4v) is 1.83. The minimum atomic E-state index is -0.631. The van der Waals surface area contributed by atoms with Crippen LogP contribution in [0.4, 0.5) is 0 Å². The highest BCUT2D eigenvalue weighted by Crippen LogP contribution is 2.20. The molecule has 0 saturated carbocycles. The molecule has 82 valence electrons. The van der Waals surface area contributed by atoms with Crippen molar-refractivity contribution in [1.82, 2.24) is 5.48 Å². The number of nitrogens with one attached hydrogen (secondary N) is 1. The Hall–Kier alpha value is -1.40. The molecule has 1 rings (SSSR count). The van der Waals surface area contributed by atoms with Crippen molar-refractivity contribution in [3.8, 4) is 0 Å². The van der Waals surface area contributed by atoms with Crippen LogP contribution >= 0.6 is 11.3 Å². The van der Waals surface area contributed by atoms with Crippen molar-refractivity contribution >= 4 is 23.2 Å². The first-order valence-electron chi connectivity index (χ1n) is 4.28. The predicted molar refractivity (Wildman–Crippen MR) is 56.4 cm³/mol. The summed E-state index contributed by atoms with van der Waals surface area (Å²) in [7, 11) is 0. The summed E-state index contributed by atoms with van der Waals surface area (Å²) in [4.78, 5) is 28.0. The maximum Gasteiger partial charge on any atom is 0.284 e. The van der Waals surface area contributed by atoms with Gasteiger partial charge in [-0.3, -0.25) is 14.4 Å². The number of hydrogen-bond acceptors (Lipinski definition) is 4. The van der Waals surface area contributed by atoms with Crippen LogP contribution in [0, 0.1) is 13.8 Å². The van der Waals surface area contributed by atoms with Crippen LogP contribution in [-0.2, 0) is 9.63 Å². The Bertz CT molecular complexity index is 367. The van der Waals surface area contributed by atoms with Crippen molar-refractivity contribution in [3.05, 3.63) is 21.4 Å². The first-order valence-corrected chi connectivity index (χ1v) is 5.10. The molecule has 0 aromatic carbocycles. The van der Waals surface area contributed by atoms with Crippen LogP contribution in [0.2, 0.25) is 0 Å². The van der Waals surface area contributed by atoms with Crippen molar-refractivity contribution in [2.75, 3.05) is 6.61 Å². The van der Waals surface area contributed by atoms with E-state index in [1.54, 1.807) is 6.07 Å². The molecule has 1 aromatic heterocycles. The molecule has 0 fully saturated rings. The van der Waals surface area contributed by atoms with E-state index >= 15 is 0 Å². The fraction of sp³-hybridized carbons (Fsp3) is 0.333. The lowest BCUT2D eigenvalue weighted by molar-refractivity contribution is -0.124. The summed E-state index contributed by atoms with van der Waals surface area (Å²) in [6, 6.07) is 1.77. The van der Waals surface area contributed by atoms with E-state index in [1.807, 2.05) is 13.8 Å². The number of carbonyl (C=O) groups is 2. The lowest BCUT2D eigenvalue weighted by Gasteiger charge is -2.01. The predicted octanol–water partition coefficient (Wildman–Crippen LogP) is 0.512. The third-order valence-electron chi connectivity index (χ3n) is 1.77. The third kappa shape index (κ3) is 3.34. The van der Waals surface area contributed by atoms with Gasteiger partial charge in [-0.05, 0) is 25.5 Å². The van der Waals surface area contributed by atoms with Crippen LogP contribution in [0.1, 0.15) is 20.1 Å². The van der Waals surface area contributed by atoms with Crippen molar-refractivity contribution in [1.29, 1.82) is 0 Å². The normalized spacial score (nSPS) is 10.0. The van der Waals surface area contributed by atoms with Gasteiger partial charge in [0.25, 0.3) is 5.91 Å². The van der Waals surface area contributed by atoms with Gasteiger partial charge >= 0.3 is 0 Å². The molecular formula is C9H12N2O3S. The van der Waals surface area contributed by atoms with Gasteiger partial charge in [0, 0.05) is 4.88 Å². The second-order valence-corrected chi connectivity index (χ2v) is 4.29. The van der Waals surface area contributed by atoms with E-state index in [-0.39, 0.29) is 12.5 Å². The van der Waals surface area contributed by atoms with E-state index in [4.69, 9.17) is 5.73 Å². The SMILES string of the molecule is Cc1cc(C(=O)NOCC(N)=O)sc1C. The second-order valence-electron chi connectivity index (χ2n) is 3.04. The van der Waals surface area contributed by atoms with Gasteiger partial charge < -0.3 is 5.73 Å². The van der Waals surface area contributed by atoms with E-state index in [2.05, 4.69) is 10.3 Å². The Morgan fingerprint density at radius 1 is 1.53 bits per heavy atom. The molecule has 0 unspecified atom stereocenters. The van der Waals surface area contributed by atoms with E-state index < -0.39 is 5.91 Å². The summed E-state index contributed by atoms with van der Waals surface area (Å²) in [6.07, 6.45) is 0. The zero-order valence-electron chi connectivity index (χ0n) is 8.49. The summed E-state index contributed by atoms with van der Waals surface area (Å²) < 4.78 is 0. The Kier molecular flexibility index (Phi) is 3.81. The highest BCUT2D eigenvalue weighted by molar-refractivity contribution is 7.14. The van der Waals surface area contributed by atoms with Gasteiger partial charge in [0.15, 0.2) is 6.61 Å². The van der Waals surface area contributed by atoms with Crippen LogP contribution in [0.3, 0.4) is 0 Å². The zero-order valence-corrected chi connectivity index (χ0v) is 9.31. The van der Waals surface area contributed by atoms with Crippen molar-refractivity contribution < 1.29 is 14.4 Å². The number of carbonyl (C=O) groups excluding carboxylic acids is 2. The molecule has 1 aromatic rings. The van der Waals surface area contributed by atoms with Crippen LogP contribution in [-0.4, -0.2) is 18.4 Å². The topological polar surface area (TPSA) is 81.4 Å². The number of hydroxylamine groups is 1. The number of primary amides is 1. The van der Waals surface area contributed by atoms with Gasteiger partial charge in [0.05, 0.1) is 4.88 Å². The molecule has 0 aliphatic carbocycles. The van der Waals surface area contributed by atoms with Crippen LogP contribution in [0.15, 0.2) is 6.07 Å². The molecule has 3 N–H and O–H groups in total. The van der Waals surface area contributed by atoms with Gasteiger partial charge in [-0.1, -0.05) is 0 Å². The number of hydrogen-bond donors (Lipinski definition) is 2. The molecule has 5 nitrogen and oxygen atoms in total. The molecule has 0 aliphatic rings. The van der Waals surface area contributed by atoms with Gasteiger partial charge in [0.2, 0.25) is 5.91 Å². The lowest BCUT2D eigenvalue weighted by atomic mass is 10.3. The molecular weight excluding hydrogens is 216 g/mol. The highest BCUT2D eigenvalue weighted by atomic mass is 32.1.